The van der Waals surface area contributed by atoms with Crippen LogP contribution in [0, 0.1) is 6.92 Å². The summed E-state index contributed by atoms with van der Waals surface area (Å²) in [6.45, 7) is 2.04. The molecule has 1 aromatic carbocycles. The maximum Gasteiger partial charge on any atom is 0.118 e. The van der Waals surface area contributed by atoms with Crippen molar-refractivity contribution < 1.29 is 4.74 Å². The lowest BCUT2D eigenvalue weighted by molar-refractivity contribution is 0.415. The Kier molecular flexibility index (Phi) is 2.68. The van der Waals surface area contributed by atoms with Crippen molar-refractivity contribution in [2.45, 2.75) is 6.92 Å². The van der Waals surface area contributed by atoms with E-state index < -0.39 is 0 Å². The zero-order valence-corrected chi connectivity index (χ0v) is 8.90. The van der Waals surface area contributed by atoms with E-state index >= 15 is 0 Å². The van der Waals surface area contributed by atoms with Crippen LogP contribution in [0.1, 0.15) is 5.56 Å². The maximum absolute atomic E-state index is 5.11. The molecule has 0 saturated heterocycles. The van der Waals surface area contributed by atoms with E-state index in [1.165, 1.54) is 5.56 Å². The van der Waals surface area contributed by atoms with E-state index in [-0.39, 0.29) is 0 Å². The van der Waals surface area contributed by atoms with Crippen molar-refractivity contribution in [3.63, 3.8) is 0 Å². The molecule has 76 valence electrons. The lowest BCUT2D eigenvalue weighted by Crippen LogP contribution is -1.84. The first-order chi connectivity index (χ1) is 7.29. The van der Waals surface area contributed by atoms with Gasteiger partial charge in [0.05, 0.1) is 7.11 Å². The number of aromatic nitrogens is 1. The molecule has 2 nitrogen and oxygen atoms in total. The van der Waals surface area contributed by atoms with Crippen LogP contribution in [0.4, 0.5) is 0 Å². The van der Waals surface area contributed by atoms with Crippen LogP contribution in [-0.4, -0.2) is 12.1 Å². The molecule has 0 atom stereocenters. The van der Waals surface area contributed by atoms with Gasteiger partial charge in [-0.2, -0.15) is 0 Å². The quantitative estimate of drug-likeness (QED) is 0.741. The molecule has 0 fully saturated rings. The molecular weight excluding hydrogens is 186 g/mol. The maximum atomic E-state index is 5.11. The van der Waals surface area contributed by atoms with E-state index in [2.05, 4.69) is 11.1 Å². The summed E-state index contributed by atoms with van der Waals surface area (Å²) in [6, 6.07) is 10.1. The Labute approximate surface area is 89.6 Å². The summed E-state index contributed by atoms with van der Waals surface area (Å²) in [6.07, 6.45) is 3.72. The molecule has 0 aliphatic rings. The van der Waals surface area contributed by atoms with Gasteiger partial charge in [-0.05, 0) is 36.2 Å². The molecule has 15 heavy (non-hydrogen) atoms. The van der Waals surface area contributed by atoms with Crippen LogP contribution >= 0.6 is 0 Å². The summed E-state index contributed by atoms with van der Waals surface area (Å²) >= 11 is 0. The zero-order valence-electron chi connectivity index (χ0n) is 8.90. The number of methoxy groups -OCH3 is 1. The van der Waals surface area contributed by atoms with Gasteiger partial charge in [0, 0.05) is 18.0 Å². The van der Waals surface area contributed by atoms with Crippen LogP contribution in [0.5, 0.6) is 5.75 Å². The summed E-state index contributed by atoms with van der Waals surface area (Å²) in [5.74, 6) is 0.874. The Bertz CT molecular complexity index is 448. The van der Waals surface area contributed by atoms with Crippen molar-refractivity contribution in [1.29, 1.82) is 0 Å². The number of ether oxygens (including phenoxy) is 1. The van der Waals surface area contributed by atoms with Gasteiger partial charge in [0.1, 0.15) is 5.75 Å². The molecule has 0 amide bonds. The third-order valence-corrected chi connectivity index (χ3v) is 2.30. The molecular formula is C13H13NO. The molecule has 0 unspecified atom stereocenters. The van der Waals surface area contributed by atoms with Gasteiger partial charge in [-0.1, -0.05) is 12.1 Å². The summed E-state index contributed by atoms with van der Waals surface area (Å²) in [5.41, 5.74) is 3.47. The van der Waals surface area contributed by atoms with E-state index in [1.807, 2.05) is 43.6 Å². The molecule has 0 bridgehead atoms. The standard InChI is InChI=1S/C13H13NO/c1-10-7-12(9-14-8-10)11-3-5-13(15-2)6-4-11/h3-9H,1-2H3. The van der Waals surface area contributed by atoms with Crippen molar-refractivity contribution in [2.75, 3.05) is 7.11 Å². The molecule has 0 saturated carbocycles. The number of rotatable bonds is 2. The zero-order chi connectivity index (χ0) is 10.7. The van der Waals surface area contributed by atoms with E-state index in [0.717, 1.165) is 16.9 Å². The SMILES string of the molecule is COc1ccc(-c2cncc(C)c2)cc1. The molecule has 0 aliphatic carbocycles. The highest BCUT2D eigenvalue weighted by molar-refractivity contribution is 5.63. The fourth-order valence-electron chi connectivity index (χ4n) is 1.50. The molecule has 2 rings (SSSR count). The number of nitrogens with zero attached hydrogens (tertiary/aromatic N) is 1. The van der Waals surface area contributed by atoms with Crippen molar-refractivity contribution in [2.24, 2.45) is 0 Å². The molecule has 2 heteroatoms. The van der Waals surface area contributed by atoms with Gasteiger partial charge >= 0.3 is 0 Å². The number of aryl methyl sites for hydroxylation is 1. The van der Waals surface area contributed by atoms with Crippen molar-refractivity contribution in [3.05, 3.63) is 48.3 Å². The minimum absolute atomic E-state index is 0.874. The highest BCUT2D eigenvalue weighted by Crippen LogP contribution is 2.21. The third kappa shape index (κ3) is 2.15. The van der Waals surface area contributed by atoms with Crippen molar-refractivity contribution in [1.82, 2.24) is 4.98 Å². The Morgan fingerprint density at radius 3 is 2.33 bits per heavy atom. The first-order valence-corrected chi connectivity index (χ1v) is 4.85. The van der Waals surface area contributed by atoms with Gasteiger partial charge in [-0.3, -0.25) is 4.98 Å². The summed E-state index contributed by atoms with van der Waals surface area (Å²) < 4.78 is 5.11. The summed E-state index contributed by atoms with van der Waals surface area (Å²) in [4.78, 5) is 4.17. The van der Waals surface area contributed by atoms with Gasteiger partial charge in [-0.25, -0.2) is 0 Å². The lowest BCUT2D eigenvalue weighted by Gasteiger charge is -2.03. The highest BCUT2D eigenvalue weighted by atomic mass is 16.5. The fraction of sp³-hybridized carbons (Fsp3) is 0.154. The second-order valence-corrected chi connectivity index (χ2v) is 3.48. The van der Waals surface area contributed by atoms with Crippen LogP contribution in [0.2, 0.25) is 0 Å². The number of benzene rings is 1. The van der Waals surface area contributed by atoms with Crippen molar-refractivity contribution in [3.8, 4) is 16.9 Å². The summed E-state index contributed by atoms with van der Waals surface area (Å²) in [5, 5.41) is 0. The smallest absolute Gasteiger partial charge is 0.118 e. The Morgan fingerprint density at radius 2 is 1.73 bits per heavy atom. The monoisotopic (exact) mass is 199 g/mol. The van der Waals surface area contributed by atoms with Crippen LogP contribution < -0.4 is 4.74 Å². The van der Waals surface area contributed by atoms with E-state index in [4.69, 9.17) is 4.74 Å². The second-order valence-electron chi connectivity index (χ2n) is 3.48. The average molecular weight is 199 g/mol. The minimum atomic E-state index is 0.874. The van der Waals surface area contributed by atoms with E-state index in [9.17, 15) is 0 Å². The van der Waals surface area contributed by atoms with Crippen LogP contribution in [0.25, 0.3) is 11.1 Å². The van der Waals surface area contributed by atoms with Gasteiger partial charge in [0.2, 0.25) is 0 Å². The number of hydrogen-bond acceptors (Lipinski definition) is 2. The number of hydrogen-bond donors (Lipinski definition) is 0. The molecule has 0 aliphatic heterocycles. The second kappa shape index (κ2) is 4.13. The van der Waals surface area contributed by atoms with Crippen LogP contribution in [-0.2, 0) is 0 Å². The first-order valence-electron chi connectivity index (χ1n) is 4.85. The first kappa shape index (κ1) is 9.71. The van der Waals surface area contributed by atoms with Crippen LogP contribution in [0.3, 0.4) is 0 Å². The lowest BCUT2D eigenvalue weighted by atomic mass is 10.1. The fourth-order valence-corrected chi connectivity index (χ4v) is 1.50. The minimum Gasteiger partial charge on any atom is -0.497 e. The molecule has 1 heterocycles. The van der Waals surface area contributed by atoms with E-state index in [0.29, 0.717) is 0 Å². The predicted octanol–water partition coefficient (Wildman–Crippen LogP) is 3.07. The Balaban J connectivity index is 2.37. The van der Waals surface area contributed by atoms with Gasteiger partial charge < -0.3 is 4.74 Å². The third-order valence-electron chi connectivity index (χ3n) is 2.30. The summed E-state index contributed by atoms with van der Waals surface area (Å²) in [7, 11) is 1.67. The largest absolute Gasteiger partial charge is 0.497 e. The Hall–Kier alpha value is -1.83. The Morgan fingerprint density at radius 1 is 1.00 bits per heavy atom. The topological polar surface area (TPSA) is 22.1 Å². The predicted molar refractivity (Wildman–Crippen MR) is 61.0 cm³/mol. The molecule has 0 spiro atoms. The molecule has 0 N–H and O–H groups in total. The normalized spacial score (nSPS) is 10.0. The highest BCUT2D eigenvalue weighted by Gasteiger charge is 1.98. The van der Waals surface area contributed by atoms with Crippen molar-refractivity contribution >= 4 is 0 Å². The van der Waals surface area contributed by atoms with Gasteiger partial charge in [-0.15, -0.1) is 0 Å². The average Bonchev–Trinajstić information content (AvgIpc) is 2.29. The molecule has 2 aromatic rings. The van der Waals surface area contributed by atoms with Gasteiger partial charge in [0.25, 0.3) is 0 Å². The molecule has 0 radical (unpaired) electrons. The molecule has 1 aromatic heterocycles. The van der Waals surface area contributed by atoms with Crippen LogP contribution in [0.15, 0.2) is 42.7 Å². The number of pyridine rings is 1. The van der Waals surface area contributed by atoms with E-state index in [1.54, 1.807) is 7.11 Å². The van der Waals surface area contributed by atoms with Gasteiger partial charge in [0.15, 0.2) is 0 Å².